The molecule has 0 aromatic heterocycles. The highest BCUT2D eigenvalue weighted by Crippen LogP contribution is 2.28. The van der Waals surface area contributed by atoms with Crippen LogP contribution in [0.25, 0.3) is 0 Å². The summed E-state index contributed by atoms with van der Waals surface area (Å²) in [6.45, 7) is 3.71. The summed E-state index contributed by atoms with van der Waals surface area (Å²) in [5, 5.41) is 3.51. The third kappa shape index (κ3) is 4.37. The van der Waals surface area contributed by atoms with Crippen molar-refractivity contribution in [2.75, 3.05) is 11.1 Å². The van der Waals surface area contributed by atoms with Gasteiger partial charge in [0.05, 0.1) is 11.3 Å². The van der Waals surface area contributed by atoms with Gasteiger partial charge in [0.25, 0.3) is 5.91 Å². The smallest absolute Gasteiger partial charge is 0.256 e. The Bertz CT molecular complexity index is 675. The van der Waals surface area contributed by atoms with Crippen LogP contribution in [0.4, 0.5) is 5.69 Å². The molecular weight excluding hydrogens is 370 g/mol. The first-order valence-electron chi connectivity index (χ1n) is 6.21. The van der Waals surface area contributed by atoms with Crippen molar-refractivity contribution in [2.45, 2.75) is 4.90 Å². The summed E-state index contributed by atoms with van der Waals surface area (Å²) < 4.78 is 0.670. The number of carbonyl (C=O) groups is 1. The molecule has 0 saturated heterocycles. The van der Waals surface area contributed by atoms with Gasteiger partial charge in [-0.2, -0.15) is 0 Å². The Morgan fingerprint density at radius 2 is 2.10 bits per heavy atom. The minimum atomic E-state index is -0.176. The fourth-order valence-corrected chi connectivity index (χ4v) is 3.32. The lowest BCUT2D eigenvalue weighted by Crippen LogP contribution is -2.13. The molecule has 0 aliphatic carbocycles. The van der Waals surface area contributed by atoms with Crippen LogP contribution in [0.15, 0.2) is 64.5 Å². The molecule has 1 N–H and O–H groups in total. The number of amides is 1. The Morgan fingerprint density at radius 1 is 1.33 bits per heavy atom. The van der Waals surface area contributed by atoms with Crippen molar-refractivity contribution in [3.63, 3.8) is 0 Å². The lowest BCUT2D eigenvalue weighted by molar-refractivity contribution is 0.102. The quantitative estimate of drug-likeness (QED) is 0.536. The van der Waals surface area contributed by atoms with Crippen molar-refractivity contribution < 1.29 is 4.79 Å². The average molecular weight is 383 g/mol. The van der Waals surface area contributed by atoms with Crippen molar-refractivity contribution in [1.82, 2.24) is 0 Å². The second-order valence-corrected chi connectivity index (χ2v) is 6.53. The molecule has 0 spiro atoms. The van der Waals surface area contributed by atoms with E-state index in [0.29, 0.717) is 15.1 Å². The summed E-state index contributed by atoms with van der Waals surface area (Å²) in [7, 11) is 0. The summed E-state index contributed by atoms with van der Waals surface area (Å²) in [5.41, 5.74) is 1.33. The maximum Gasteiger partial charge on any atom is 0.256 e. The van der Waals surface area contributed by atoms with Gasteiger partial charge in [-0.05, 0) is 46.3 Å². The van der Waals surface area contributed by atoms with E-state index >= 15 is 0 Å². The van der Waals surface area contributed by atoms with E-state index in [2.05, 4.69) is 27.8 Å². The number of para-hydroxylation sites is 1. The Kier molecular flexibility index (Phi) is 5.91. The topological polar surface area (TPSA) is 29.1 Å². The van der Waals surface area contributed by atoms with E-state index in [0.717, 1.165) is 16.3 Å². The second-order valence-electron chi connectivity index (χ2n) is 4.17. The Labute approximate surface area is 141 Å². The SMILES string of the molecule is C=CCSc1ccccc1NC(=O)c1ccc(Cl)cc1Br. The Hall–Kier alpha value is -1.23. The van der Waals surface area contributed by atoms with Gasteiger partial charge >= 0.3 is 0 Å². The summed E-state index contributed by atoms with van der Waals surface area (Å²) in [5.74, 6) is 0.613. The van der Waals surface area contributed by atoms with Crippen LogP contribution in [0.5, 0.6) is 0 Å². The zero-order valence-corrected chi connectivity index (χ0v) is 14.3. The van der Waals surface area contributed by atoms with Crippen molar-refractivity contribution in [3.8, 4) is 0 Å². The molecule has 108 valence electrons. The fraction of sp³-hybridized carbons (Fsp3) is 0.0625. The molecule has 0 unspecified atom stereocenters. The van der Waals surface area contributed by atoms with E-state index in [4.69, 9.17) is 11.6 Å². The highest BCUT2D eigenvalue weighted by Gasteiger charge is 2.12. The highest BCUT2D eigenvalue weighted by molar-refractivity contribution is 9.10. The zero-order chi connectivity index (χ0) is 15.2. The third-order valence-corrected chi connectivity index (χ3v) is 4.63. The molecule has 0 bridgehead atoms. The molecule has 0 heterocycles. The first kappa shape index (κ1) is 16.1. The van der Waals surface area contributed by atoms with Gasteiger partial charge in [-0.1, -0.05) is 29.8 Å². The van der Waals surface area contributed by atoms with E-state index < -0.39 is 0 Å². The van der Waals surface area contributed by atoms with Gasteiger partial charge in [0.1, 0.15) is 0 Å². The van der Waals surface area contributed by atoms with Gasteiger partial charge < -0.3 is 5.32 Å². The number of nitrogens with one attached hydrogen (secondary N) is 1. The lowest BCUT2D eigenvalue weighted by Gasteiger charge is -2.11. The van der Waals surface area contributed by atoms with Crippen LogP contribution in [0, 0.1) is 0 Å². The molecule has 2 nitrogen and oxygen atoms in total. The maximum absolute atomic E-state index is 12.4. The van der Waals surface area contributed by atoms with Crippen LogP contribution >= 0.6 is 39.3 Å². The zero-order valence-electron chi connectivity index (χ0n) is 11.1. The molecule has 5 heteroatoms. The molecule has 1 amide bonds. The van der Waals surface area contributed by atoms with Crippen LogP contribution in [0.1, 0.15) is 10.4 Å². The molecule has 0 aliphatic heterocycles. The predicted molar refractivity (Wildman–Crippen MR) is 94.5 cm³/mol. The molecular formula is C16H13BrClNOS. The first-order chi connectivity index (χ1) is 10.1. The Balaban J connectivity index is 2.21. The number of thioether (sulfide) groups is 1. The van der Waals surface area contributed by atoms with Gasteiger partial charge in [-0.3, -0.25) is 4.79 Å². The average Bonchev–Trinajstić information content (AvgIpc) is 2.46. The summed E-state index contributed by atoms with van der Waals surface area (Å²) in [4.78, 5) is 13.4. The number of halogens is 2. The van der Waals surface area contributed by atoms with Gasteiger partial charge in [0.2, 0.25) is 0 Å². The molecule has 21 heavy (non-hydrogen) atoms. The number of hydrogen-bond acceptors (Lipinski definition) is 2. The second kappa shape index (κ2) is 7.69. The van der Waals surface area contributed by atoms with Crippen molar-refractivity contribution in [2.24, 2.45) is 0 Å². The molecule has 0 aliphatic rings. The normalized spacial score (nSPS) is 10.2. The van der Waals surface area contributed by atoms with Crippen LogP contribution in [-0.4, -0.2) is 11.7 Å². The first-order valence-corrected chi connectivity index (χ1v) is 8.36. The summed E-state index contributed by atoms with van der Waals surface area (Å²) >= 11 is 10.9. The number of rotatable bonds is 5. The highest BCUT2D eigenvalue weighted by atomic mass is 79.9. The van der Waals surface area contributed by atoms with Crippen LogP contribution in [-0.2, 0) is 0 Å². The van der Waals surface area contributed by atoms with E-state index in [1.165, 1.54) is 0 Å². The van der Waals surface area contributed by atoms with Crippen LogP contribution in [0.2, 0.25) is 5.02 Å². The summed E-state index contributed by atoms with van der Waals surface area (Å²) in [6, 6.07) is 12.8. The van der Waals surface area contributed by atoms with Crippen molar-refractivity contribution in [1.29, 1.82) is 0 Å². The van der Waals surface area contributed by atoms with E-state index in [1.807, 2.05) is 30.3 Å². The number of hydrogen-bond donors (Lipinski definition) is 1. The van der Waals surface area contributed by atoms with E-state index in [9.17, 15) is 4.79 Å². The standard InChI is InChI=1S/C16H13BrClNOS/c1-2-9-21-15-6-4-3-5-14(15)19-16(20)12-8-7-11(18)10-13(12)17/h2-8,10H,1,9H2,(H,19,20). The van der Waals surface area contributed by atoms with Crippen molar-refractivity contribution in [3.05, 3.63) is 70.2 Å². The molecule has 2 rings (SSSR count). The minimum Gasteiger partial charge on any atom is -0.321 e. The van der Waals surface area contributed by atoms with Gasteiger partial charge in [0.15, 0.2) is 0 Å². The van der Waals surface area contributed by atoms with Crippen LogP contribution < -0.4 is 5.32 Å². The Morgan fingerprint density at radius 3 is 2.81 bits per heavy atom. The predicted octanol–water partition coefficient (Wildman–Crippen LogP) is 5.63. The van der Waals surface area contributed by atoms with Gasteiger partial charge in [0, 0.05) is 20.1 Å². The minimum absolute atomic E-state index is 0.176. The monoisotopic (exact) mass is 381 g/mol. The molecule has 0 fully saturated rings. The lowest BCUT2D eigenvalue weighted by atomic mass is 10.2. The van der Waals surface area contributed by atoms with Gasteiger partial charge in [-0.25, -0.2) is 0 Å². The maximum atomic E-state index is 12.4. The van der Waals surface area contributed by atoms with Crippen LogP contribution in [0.3, 0.4) is 0 Å². The molecule has 0 saturated carbocycles. The van der Waals surface area contributed by atoms with Gasteiger partial charge in [-0.15, -0.1) is 18.3 Å². The molecule has 0 radical (unpaired) electrons. The summed E-state index contributed by atoms with van der Waals surface area (Å²) in [6.07, 6.45) is 1.83. The van der Waals surface area contributed by atoms with Crippen molar-refractivity contribution >= 4 is 50.9 Å². The molecule has 2 aromatic carbocycles. The third-order valence-electron chi connectivity index (χ3n) is 2.67. The number of benzene rings is 2. The van der Waals surface area contributed by atoms with E-state index in [-0.39, 0.29) is 5.91 Å². The largest absolute Gasteiger partial charge is 0.321 e. The number of carbonyl (C=O) groups excluding carboxylic acids is 1. The molecule has 2 aromatic rings. The number of anilines is 1. The van der Waals surface area contributed by atoms with E-state index in [1.54, 1.807) is 30.0 Å². The fourth-order valence-electron chi connectivity index (χ4n) is 1.71. The molecule has 0 atom stereocenters.